The number of nitrogens with two attached hydrogens (primary N) is 1. The zero-order valence-electron chi connectivity index (χ0n) is 16.6. The molecule has 1 aliphatic rings. The summed E-state index contributed by atoms with van der Waals surface area (Å²) >= 11 is 0. The van der Waals surface area contributed by atoms with Crippen molar-refractivity contribution in [1.82, 2.24) is 14.7 Å². The Bertz CT molecular complexity index is 996. The summed E-state index contributed by atoms with van der Waals surface area (Å²) in [6.45, 7) is 1.28. The SMILES string of the molecule is Cn1nc(-c2ccccc2)c2c1CCN(C(=O)[C@H](N)Cc1ccc(O)cc1)CC2. The Kier molecular flexibility index (Phi) is 5.36. The first-order valence-electron chi connectivity index (χ1n) is 9.95. The summed E-state index contributed by atoms with van der Waals surface area (Å²) in [6, 6.07) is 16.4. The van der Waals surface area contributed by atoms with Crippen molar-refractivity contribution in [3.05, 3.63) is 71.4 Å². The Balaban J connectivity index is 1.48. The van der Waals surface area contributed by atoms with Gasteiger partial charge in [-0.15, -0.1) is 0 Å². The quantitative estimate of drug-likeness (QED) is 0.716. The van der Waals surface area contributed by atoms with Gasteiger partial charge < -0.3 is 15.7 Å². The van der Waals surface area contributed by atoms with Gasteiger partial charge in [-0.25, -0.2) is 0 Å². The molecule has 0 saturated carbocycles. The number of phenolic OH excluding ortho intramolecular Hbond substituents is 1. The highest BCUT2D eigenvalue weighted by Crippen LogP contribution is 2.28. The molecule has 1 amide bonds. The average molecular weight is 390 g/mol. The second-order valence-corrected chi connectivity index (χ2v) is 7.57. The highest BCUT2D eigenvalue weighted by molar-refractivity contribution is 5.82. The van der Waals surface area contributed by atoms with Gasteiger partial charge in [-0.3, -0.25) is 9.48 Å². The number of rotatable bonds is 4. The third-order valence-electron chi connectivity index (χ3n) is 5.59. The number of nitrogens with zero attached hydrogens (tertiary/aromatic N) is 3. The average Bonchev–Trinajstić information content (AvgIpc) is 2.90. The third-order valence-corrected chi connectivity index (χ3v) is 5.59. The largest absolute Gasteiger partial charge is 0.508 e. The van der Waals surface area contributed by atoms with Crippen molar-refractivity contribution < 1.29 is 9.90 Å². The van der Waals surface area contributed by atoms with Crippen LogP contribution in [0.15, 0.2) is 54.6 Å². The Morgan fingerprint density at radius 2 is 1.79 bits per heavy atom. The lowest BCUT2D eigenvalue weighted by molar-refractivity contribution is -0.132. The van der Waals surface area contributed by atoms with Crippen LogP contribution in [-0.2, 0) is 31.1 Å². The molecule has 0 radical (unpaired) electrons. The number of phenols is 1. The monoisotopic (exact) mass is 390 g/mol. The normalized spacial score (nSPS) is 14.9. The first kappa shape index (κ1) is 19.2. The van der Waals surface area contributed by atoms with E-state index in [0.29, 0.717) is 19.5 Å². The van der Waals surface area contributed by atoms with Crippen molar-refractivity contribution in [3.8, 4) is 17.0 Å². The summed E-state index contributed by atoms with van der Waals surface area (Å²) in [7, 11) is 1.97. The number of aromatic nitrogens is 2. The number of amides is 1. The summed E-state index contributed by atoms with van der Waals surface area (Å²) in [5.74, 6) is 0.182. The molecule has 1 aromatic heterocycles. The number of hydrogen-bond acceptors (Lipinski definition) is 4. The number of carbonyl (C=O) groups is 1. The van der Waals surface area contributed by atoms with Gasteiger partial charge in [0.2, 0.25) is 5.91 Å². The van der Waals surface area contributed by atoms with E-state index in [1.54, 1.807) is 24.3 Å². The van der Waals surface area contributed by atoms with E-state index in [-0.39, 0.29) is 11.7 Å². The van der Waals surface area contributed by atoms with Gasteiger partial charge in [-0.05, 0) is 30.5 Å². The lowest BCUT2D eigenvalue weighted by Crippen LogP contribution is -2.46. The van der Waals surface area contributed by atoms with Gasteiger partial charge in [0.1, 0.15) is 5.75 Å². The maximum absolute atomic E-state index is 13.0. The van der Waals surface area contributed by atoms with Gasteiger partial charge in [-0.2, -0.15) is 5.10 Å². The summed E-state index contributed by atoms with van der Waals surface area (Å²) in [5.41, 5.74) is 11.7. The third kappa shape index (κ3) is 4.03. The van der Waals surface area contributed by atoms with Gasteiger partial charge in [0, 0.05) is 43.4 Å². The highest BCUT2D eigenvalue weighted by Gasteiger charge is 2.27. The van der Waals surface area contributed by atoms with E-state index in [1.165, 1.54) is 11.3 Å². The van der Waals surface area contributed by atoms with E-state index in [1.807, 2.05) is 34.8 Å². The Labute approximate surface area is 170 Å². The van der Waals surface area contributed by atoms with Crippen LogP contribution in [0.1, 0.15) is 16.8 Å². The molecule has 6 nitrogen and oxygen atoms in total. The predicted molar refractivity (Wildman–Crippen MR) is 112 cm³/mol. The van der Waals surface area contributed by atoms with Gasteiger partial charge in [0.15, 0.2) is 0 Å². The Hall–Kier alpha value is -3.12. The van der Waals surface area contributed by atoms with Crippen LogP contribution in [0.3, 0.4) is 0 Å². The van der Waals surface area contributed by atoms with Gasteiger partial charge in [0.25, 0.3) is 0 Å². The summed E-state index contributed by atoms with van der Waals surface area (Å²) in [4.78, 5) is 14.8. The minimum absolute atomic E-state index is 0.0277. The highest BCUT2D eigenvalue weighted by atomic mass is 16.3. The van der Waals surface area contributed by atoms with E-state index in [2.05, 4.69) is 12.1 Å². The van der Waals surface area contributed by atoms with Crippen LogP contribution >= 0.6 is 0 Å². The topological polar surface area (TPSA) is 84.4 Å². The maximum atomic E-state index is 13.0. The Morgan fingerprint density at radius 3 is 2.52 bits per heavy atom. The van der Waals surface area contributed by atoms with Gasteiger partial charge in [-0.1, -0.05) is 42.5 Å². The lowest BCUT2D eigenvalue weighted by Gasteiger charge is -2.24. The molecule has 1 atom stereocenters. The maximum Gasteiger partial charge on any atom is 0.239 e. The molecule has 150 valence electrons. The molecular formula is C23H26N4O2. The van der Waals surface area contributed by atoms with E-state index in [4.69, 9.17) is 10.8 Å². The van der Waals surface area contributed by atoms with Crippen LogP contribution in [-0.4, -0.2) is 44.8 Å². The van der Waals surface area contributed by atoms with Crippen LogP contribution in [0, 0.1) is 0 Å². The number of aromatic hydroxyl groups is 1. The molecule has 3 N–H and O–H groups in total. The molecule has 3 aromatic rings. The smallest absolute Gasteiger partial charge is 0.239 e. The molecule has 0 saturated heterocycles. The van der Waals surface area contributed by atoms with E-state index in [0.717, 1.165) is 29.7 Å². The molecule has 4 rings (SSSR count). The van der Waals surface area contributed by atoms with Crippen LogP contribution in [0.25, 0.3) is 11.3 Å². The number of benzene rings is 2. The molecule has 0 unspecified atom stereocenters. The fourth-order valence-corrected chi connectivity index (χ4v) is 4.03. The molecule has 0 spiro atoms. The molecule has 2 heterocycles. The number of fused-ring (bicyclic) bond motifs is 1. The van der Waals surface area contributed by atoms with Crippen molar-refractivity contribution in [2.75, 3.05) is 13.1 Å². The van der Waals surface area contributed by atoms with Gasteiger partial charge in [0.05, 0.1) is 11.7 Å². The van der Waals surface area contributed by atoms with Crippen molar-refractivity contribution >= 4 is 5.91 Å². The molecule has 29 heavy (non-hydrogen) atoms. The zero-order valence-corrected chi connectivity index (χ0v) is 16.6. The first-order valence-corrected chi connectivity index (χ1v) is 9.95. The predicted octanol–water partition coefficient (Wildman–Crippen LogP) is 2.29. The Morgan fingerprint density at radius 1 is 1.10 bits per heavy atom. The number of aryl methyl sites for hydroxylation is 1. The fourth-order valence-electron chi connectivity index (χ4n) is 4.03. The van der Waals surface area contributed by atoms with Crippen LogP contribution in [0.4, 0.5) is 0 Å². The van der Waals surface area contributed by atoms with Gasteiger partial charge >= 0.3 is 0 Å². The molecule has 2 aromatic carbocycles. The van der Waals surface area contributed by atoms with E-state index in [9.17, 15) is 9.90 Å². The van der Waals surface area contributed by atoms with Crippen molar-refractivity contribution in [2.24, 2.45) is 12.8 Å². The van der Waals surface area contributed by atoms with Crippen molar-refractivity contribution in [2.45, 2.75) is 25.3 Å². The van der Waals surface area contributed by atoms with Crippen LogP contribution in [0.2, 0.25) is 0 Å². The lowest BCUT2D eigenvalue weighted by atomic mass is 10.0. The van der Waals surface area contributed by atoms with Crippen molar-refractivity contribution in [3.63, 3.8) is 0 Å². The standard InChI is InChI=1S/C23H26N4O2/c1-26-21-12-14-27(23(29)20(24)15-16-7-9-18(28)10-8-16)13-11-19(21)22(25-26)17-5-3-2-4-6-17/h2-10,20,28H,11-15,24H2,1H3/t20-/m1/s1. The van der Waals surface area contributed by atoms with Crippen LogP contribution < -0.4 is 5.73 Å². The molecule has 1 aliphatic heterocycles. The number of carbonyl (C=O) groups excluding carboxylic acids is 1. The minimum atomic E-state index is -0.590. The fraction of sp³-hybridized carbons (Fsp3) is 0.304. The summed E-state index contributed by atoms with van der Waals surface area (Å²) < 4.78 is 1.95. The number of hydrogen-bond donors (Lipinski definition) is 2. The first-order chi connectivity index (χ1) is 14.0. The molecule has 0 bridgehead atoms. The molecule has 0 aliphatic carbocycles. The molecule has 6 heteroatoms. The summed E-state index contributed by atoms with van der Waals surface area (Å²) in [5, 5.41) is 14.2. The summed E-state index contributed by atoms with van der Waals surface area (Å²) in [6.07, 6.45) is 1.99. The van der Waals surface area contributed by atoms with E-state index < -0.39 is 6.04 Å². The zero-order chi connectivity index (χ0) is 20.4. The molecule has 0 fully saturated rings. The second kappa shape index (κ2) is 8.09. The van der Waals surface area contributed by atoms with Crippen molar-refractivity contribution in [1.29, 1.82) is 0 Å². The molecular weight excluding hydrogens is 364 g/mol. The van der Waals surface area contributed by atoms with Crippen LogP contribution in [0.5, 0.6) is 5.75 Å². The second-order valence-electron chi connectivity index (χ2n) is 7.57. The minimum Gasteiger partial charge on any atom is -0.508 e. The van der Waals surface area contributed by atoms with E-state index >= 15 is 0 Å².